The van der Waals surface area contributed by atoms with Crippen molar-refractivity contribution in [3.05, 3.63) is 35.0 Å². The highest BCUT2D eigenvalue weighted by Gasteiger charge is 2.18. The third kappa shape index (κ3) is 1.78. The summed E-state index contributed by atoms with van der Waals surface area (Å²) >= 11 is 5.94. The fraction of sp³-hybridized carbons (Fsp3) is 0.333. The topological polar surface area (TPSA) is 39.9 Å². The molecule has 1 aliphatic rings. The zero-order valence-electron chi connectivity index (χ0n) is 9.48. The SMILES string of the molecule is CCc1cn2c(n1)CCOc1ccc(Cl)nc1-2. The van der Waals surface area contributed by atoms with Gasteiger partial charge in [0.1, 0.15) is 11.0 Å². The van der Waals surface area contributed by atoms with E-state index < -0.39 is 0 Å². The number of fused-ring (bicyclic) bond motifs is 3. The van der Waals surface area contributed by atoms with E-state index in [2.05, 4.69) is 16.9 Å². The van der Waals surface area contributed by atoms with Crippen molar-refractivity contribution in [1.29, 1.82) is 0 Å². The van der Waals surface area contributed by atoms with Gasteiger partial charge in [-0.25, -0.2) is 9.97 Å². The summed E-state index contributed by atoms with van der Waals surface area (Å²) in [6.45, 7) is 2.71. The summed E-state index contributed by atoms with van der Waals surface area (Å²) in [4.78, 5) is 8.88. The molecule has 88 valence electrons. The van der Waals surface area contributed by atoms with Crippen LogP contribution < -0.4 is 4.74 Å². The molecule has 5 heteroatoms. The molecular formula is C12H12ClN3O. The summed E-state index contributed by atoms with van der Waals surface area (Å²) in [6.07, 6.45) is 3.71. The first kappa shape index (κ1) is 10.6. The lowest BCUT2D eigenvalue weighted by Gasteiger charge is -2.07. The van der Waals surface area contributed by atoms with E-state index in [0.717, 1.165) is 35.9 Å². The number of hydrogen-bond acceptors (Lipinski definition) is 3. The Morgan fingerprint density at radius 2 is 2.29 bits per heavy atom. The fourth-order valence-corrected chi connectivity index (χ4v) is 2.10. The quantitative estimate of drug-likeness (QED) is 0.729. The molecule has 0 saturated carbocycles. The van der Waals surface area contributed by atoms with Crippen LogP contribution in [0.25, 0.3) is 5.82 Å². The standard InChI is InChI=1S/C12H12ClN3O/c1-2-8-7-16-11(14-8)5-6-17-9-3-4-10(13)15-12(9)16/h3-4,7H,2,5-6H2,1H3. The van der Waals surface area contributed by atoms with Gasteiger partial charge in [-0.2, -0.15) is 0 Å². The molecule has 0 saturated heterocycles. The lowest BCUT2D eigenvalue weighted by molar-refractivity contribution is 0.324. The maximum atomic E-state index is 5.94. The van der Waals surface area contributed by atoms with Crippen molar-refractivity contribution in [2.24, 2.45) is 0 Å². The van der Waals surface area contributed by atoms with Gasteiger partial charge in [-0.3, -0.25) is 4.57 Å². The van der Waals surface area contributed by atoms with Crippen LogP contribution in [-0.2, 0) is 12.8 Å². The normalized spacial score (nSPS) is 13.5. The average Bonchev–Trinajstić information content (AvgIpc) is 2.67. The molecule has 3 rings (SSSR count). The number of imidazole rings is 1. The monoisotopic (exact) mass is 249 g/mol. The van der Waals surface area contributed by atoms with Gasteiger partial charge in [0.05, 0.1) is 12.3 Å². The van der Waals surface area contributed by atoms with Crippen LogP contribution in [0.5, 0.6) is 5.75 Å². The molecule has 0 aromatic carbocycles. The molecule has 0 bridgehead atoms. The predicted octanol–water partition coefficient (Wildman–Crippen LogP) is 2.42. The van der Waals surface area contributed by atoms with Gasteiger partial charge >= 0.3 is 0 Å². The maximum Gasteiger partial charge on any atom is 0.182 e. The third-order valence-electron chi connectivity index (χ3n) is 2.81. The van der Waals surface area contributed by atoms with Crippen molar-refractivity contribution in [2.45, 2.75) is 19.8 Å². The summed E-state index contributed by atoms with van der Waals surface area (Å²) in [5.74, 6) is 2.47. The van der Waals surface area contributed by atoms with Gasteiger partial charge in [0.15, 0.2) is 11.6 Å². The number of nitrogens with zero attached hydrogens (tertiary/aromatic N) is 3. The van der Waals surface area contributed by atoms with Gasteiger partial charge in [0.2, 0.25) is 0 Å². The van der Waals surface area contributed by atoms with E-state index in [0.29, 0.717) is 11.8 Å². The predicted molar refractivity (Wildman–Crippen MR) is 64.9 cm³/mol. The Bertz CT molecular complexity index is 565. The molecule has 0 radical (unpaired) electrons. The zero-order valence-corrected chi connectivity index (χ0v) is 10.2. The molecule has 0 fully saturated rings. The highest BCUT2D eigenvalue weighted by molar-refractivity contribution is 6.29. The molecule has 4 nitrogen and oxygen atoms in total. The molecule has 0 unspecified atom stereocenters. The second kappa shape index (κ2) is 4.04. The number of hydrogen-bond donors (Lipinski definition) is 0. The first-order valence-corrected chi connectivity index (χ1v) is 6.02. The van der Waals surface area contributed by atoms with Gasteiger partial charge in [-0.1, -0.05) is 18.5 Å². The Hall–Kier alpha value is -1.55. The van der Waals surface area contributed by atoms with Crippen LogP contribution in [0.2, 0.25) is 5.15 Å². The van der Waals surface area contributed by atoms with Crippen molar-refractivity contribution in [3.8, 4) is 11.6 Å². The first-order valence-electron chi connectivity index (χ1n) is 5.65. The molecule has 1 aliphatic heterocycles. The molecule has 0 spiro atoms. The molecule has 17 heavy (non-hydrogen) atoms. The van der Waals surface area contributed by atoms with Crippen LogP contribution in [0, 0.1) is 0 Å². The highest BCUT2D eigenvalue weighted by atomic mass is 35.5. The van der Waals surface area contributed by atoms with E-state index in [-0.39, 0.29) is 0 Å². The van der Waals surface area contributed by atoms with Gasteiger partial charge in [0, 0.05) is 12.6 Å². The number of rotatable bonds is 1. The maximum absolute atomic E-state index is 5.94. The highest BCUT2D eigenvalue weighted by Crippen LogP contribution is 2.27. The smallest absolute Gasteiger partial charge is 0.182 e. The molecular weight excluding hydrogens is 238 g/mol. The van der Waals surface area contributed by atoms with Gasteiger partial charge < -0.3 is 4.74 Å². The van der Waals surface area contributed by atoms with Crippen molar-refractivity contribution in [2.75, 3.05) is 6.61 Å². The number of aryl methyl sites for hydroxylation is 1. The summed E-state index contributed by atoms with van der Waals surface area (Å²) in [5, 5.41) is 0.465. The molecule has 2 aromatic rings. The number of ether oxygens (including phenoxy) is 1. The minimum Gasteiger partial charge on any atom is -0.489 e. The Morgan fingerprint density at radius 3 is 3.12 bits per heavy atom. The van der Waals surface area contributed by atoms with Gasteiger partial charge in [-0.15, -0.1) is 0 Å². The Kier molecular flexibility index (Phi) is 2.52. The van der Waals surface area contributed by atoms with Crippen LogP contribution in [0.1, 0.15) is 18.4 Å². The Morgan fingerprint density at radius 1 is 1.41 bits per heavy atom. The molecule has 3 heterocycles. The van der Waals surface area contributed by atoms with Crippen LogP contribution in [0.4, 0.5) is 0 Å². The molecule has 2 aromatic heterocycles. The lowest BCUT2D eigenvalue weighted by atomic mass is 10.4. The van der Waals surface area contributed by atoms with E-state index in [4.69, 9.17) is 16.3 Å². The van der Waals surface area contributed by atoms with Crippen LogP contribution in [0.3, 0.4) is 0 Å². The van der Waals surface area contributed by atoms with Crippen molar-refractivity contribution in [1.82, 2.24) is 14.5 Å². The summed E-state index contributed by atoms with van der Waals surface area (Å²) in [5.41, 5.74) is 1.06. The summed E-state index contributed by atoms with van der Waals surface area (Å²) in [6, 6.07) is 3.59. The molecule has 0 N–H and O–H groups in total. The summed E-state index contributed by atoms with van der Waals surface area (Å²) < 4.78 is 7.62. The van der Waals surface area contributed by atoms with Crippen LogP contribution in [-0.4, -0.2) is 21.1 Å². The van der Waals surface area contributed by atoms with E-state index in [1.54, 1.807) is 6.07 Å². The van der Waals surface area contributed by atoms with Crippen LogP contribution in [0.15, 0.2) is 18.3 Å². The second-order valence-corrected chi connectivity index (χ2v) is 4.31. The van der Waals surface area contributed by atoms with Crippen LogP contribution >= 0.6 is 11.6 Å². The van der Waals surface area contributed by atoms with Crippen molar-refractivity contribution >= 4 is 11.6 Å². The van der Waals surface area contributed by atoms with E-state index in [9.17, 15) is 0 Å². The average molecular weight is 250 g/mol. The Labute approximate surface area is 104 Å². The number of halogens is 1. The van der Waals surface area contributed by atoms with Crippen molar-refractivity contribution in [3.63, 3.8) is 0 Å². The first-order chi connectivity index (χ1) is 8.28. The second-order valence-electron chi connectivity index (χ2n) is 3.93. The van der Waals surface area contributed by atoms with Gasteiger partial charge in [0.25, 0.3) is 0 Å². The number of pyridine rings is 1. The largest absolute Gasteiger partial charge is 0.489 e. The minimum atomic E-state index is 0.465. The van der Waals surface area contributed by atoms with Gasteiger partial charge in [-0.05, 0) is 18.6 Å². The van der Waals surface area contributed by atoms with E-state index in [1.807, 2.05) is 16.8 Å². The number of aromatic nitrogens is 3. The zero-order chi connectivity index (χ0) is 11.8. The van der Waals surface area contributed by atoms with E-state index >= 15 is 0 Å². The third-order valence-corrected chi connectivity index (χ3v) is 3.02. The fourth-order valence-electron chi connectivity index (χ4n) is 1.95. The lowest BCUT2D eigenvalue weighted by Crippen LogP contribution is -2.01. The summed E-state index contributed by atoms with van der Waals surface area (Å²) in [7, 11) is 0. The Balaban J connectivity index is 2.21. The molecule has 0 aliphatic carbocycles. The van der Waals surface area contributed by atoms with E-state index in [1.165, 1.54) is 0 Å². The van der Waals surface area contributed by atoms with Crippen molar-refractivity contribution < 1.29 is 4.74 Å². The molecule has 0 atom stereocenters. The molecule has 0 amide bonds. The minimum absolute atomic E-state index is 0.465.